The van der Waals surface area contributed by atoms with Crippen molar-refractivity contribution >= 4 is 23.2 Å². The Kier molecular flexibility index (Phi) is 3.56. The Bertz CT molecular complexity index is 915. The van der Waals surface area contributed by atoms with Crippen molar-refractivity contribution in [1.82, 2.24) is 19.6 Å². The van der Waals surface area contributed by atoms with E-state index in [1.165, 1.54) is 10.8 Å². The number of halogens is 4. The fourth-order valence-corrected chi connectivity index (χ4v) is 2.96. The van der Waals surface area contributed by atoms with Crippen LogP contribution in [-0.2, 0) is 0 Å². The van der Waals surface area contributed by atoms with E-state index in [9.17, 15) is 13.2 Å². The first-order valence-electron chi connectivity index (χ1n) is 7.35. The molecule has 124 valence electrons. The molecule has 2 heterocycles. The average molecular weight is 354 g/mol. The van der Waals surface area contributed by atoms with E-state index >= 15 is 0 Å². The van der Waals surface area contributed by atoms with E-state index in [1.807, 2.05) is 0 Å². The van der Waals surface area contributed by atoms with Crippen LogP contribution in [0, 0.1) is 17.5 Å². The van der Waals surface area contributed by atoms with Gasteiger partial charge in [-0.3, -0.25) is 0 Å². The van der Waals surface area contributed by atoms with Crippen molar-refractivity contribution in [2.75, 3.05) is 5.32 Å². The first kappa shape index (κ1) is 15.2. The maximum Gasteiger partial charge on any atom is 0.255 e. The lowest BCUT2D eigenvalue weighted by Gasteiger charge is -2.28. The van der Waals surface area contributed by atoms with Crippen LogP contribution in [0.3, 0.4) is 0 Å². The molecule has 5 nitrogen and oxygen atoms in total. The zero-order valence-electron chi connectivity index (χ0n) is 12.2. The highest BCUT2D eigenvalue weighted by molar-refractivity contribution is 6.33. The Morgan fingerprint density at radius 3 is 2.46 bits per heavy atom. The van der Waals surface area contributed by atoms with E-state index < -0.39 is 23.0 Å². The fourth-order valence-electron chi connectivity index (χ4n) is 2.70. The van der Waals surface area contributed by atoms with E-state index in [4.69, 9.17) is 11.6 Å². The summed E-state index contributed by atoms with van der Waals surface area (Å²) in [4.78, 5) is 7.97. The zero-order chi connectivity index (χ0) is 16.8. The van der Waals surface area contributed by atoms with E-state index in [2.05, 4.69) is 20.4 Å². The van der Waals surface area contributed by atoms with Gasteiger partial charge in [-0.1, -0.05) is 11.6 Å². The summed E-state index contributed by atoms with van der Waals surface area (Å²) in [6, 6.07) is 1.35. The third-order valence-corrected chi connectivity index (χ3v) is 4.36. The number of nitrogens with zero attached hydrogens (tertiary/aromatic N) is 4. The Balaban J connectivity index is 2.00. The molecule has 0 unspecified atom stereocenters. The SMILES string of the molecule is Fc1cc(F)c(-c2c(Cl)nc3ncnn3c2NC2CCC2)c(F)c1. The summed E-state index contributed by atoms with van der Waals surface area (Å²) in [5, 5.41) is 7.09. The third-order valence-electron chi connectivity index (χ3n) is 4.09. The lowest BCUT2D eigenvalue weighted by molar-refractivity contribution is 0.443. The third kappa shape index (κ3) is 2.37. The molecule has 3 aromatic rings. The van der Waals surface area contributed by atoms with Gasteiger partial charge >= 0.3 is 0 Å². The molecule has 0 saturated heterocycles. The van der Waals surface area contributed by atoms with Gasteiger partial charge in [0, 0.05) is 18.2 Å². The molecule has 9 heteroatoms. The molecule has 1 fully saturated rings. The van der Waals surface area contributed by atoms with Crippen LogP contribution in [0.25, 0.3) is 16.9 Å². The van der Waals surface area contributed by atoms with Crippen LogP contribution in [-0.4, -0.2) is 25.6 Å². The molecule has 0 atom stereocenters. The second-order valence-electron chi connectivity index (χ2n) is 5.61. The van der Waals surface area contributed by atoms with Crippen molar-refractivity contribution in [3.8, 4) is 11.1 Å². The van der Waals surface area contributed by atoms with Crippen LogP contribution in [0.4, 0.5) is 19.0 Å². The maximum atomic E-state index is 14.3. The summed E-state index contributed by atoms with van der Waals surface area (Å²) < 4.78 is 43.1. The highest BCUT2D eigenvalue weighted by Gasteiger charge is 2.27. The molecule has 0 amide bonds. The summed E-state index contributed by atoms with van der Waals surface area (Å²) in [6.07, 6.45) is 4.17. The van der Waals surface area contributed by atoms with Crippen molar-refractivity contribution in [2.45, 2.75) is 25.3 Å². The predicted molar refractivity (Wildman–Crippen MR) is 82.4 cm³/mol. The second-order valence-corrected chi connectivity index (χ2v) is 5.97. The van der Waals surface area contributed by atoms with Crippen molar-refractivity contribution in [3.63, 3.8) is 0 Å². The van der Waals surface area contributed by atoms with Crippen LogP contribution < -0.4 is 5.32 Å². The minimum absolute atomic E-state index is 0.00318. The minimum Gasteiger partial charge on any atom is -0.367 e. The van der Waals surface area contributed by atoms with Gasteiger partial charge < -0.3 is 5.32 Å². The predicted octanol–water partition coefficient (Wildman–Crippen LogP) is 3.83. The summed E-state index contributed by atoms with van der Waals surface area (Å²) in [5.41, 5.74) is -0.454. The first-order valence-corrected chi connectivity index (χ1v) is 7.73. The number of rotatable bonds is 3. The van der Waals surface area contributed by atoms with Gasteiger partial charge in [0.1, 0.15) is 34.7 Å². The lowest BCUT2D eigenvalue weighted by Crippen LogP contribution is -2.28. The number of hydrogen-bond acceptors (Lipinski definition) is 4. The highest BCUT2D eigenvalue weighted by Crippen LogP contribution is 2.39. The van der Waals surface area contributed by atoms with Crippen molar-refractivity contribution in [1.29, 1.82) is 0 Å². The first-order chi connectivity index (χ1) is 11.5. The Hall–Kier alpha value is -2.35. The molecule has 0 spiro atoms. The number of aromatic nitrogens is 4. The molecule has 0 radical (unpaired) electrons. The van der Waals surface area contributed by atoms with E-state index in [-0.39, 0.29) is 28.4 Å². The molecular formula is C15H11ClF3N5. The van der Waals surface area contributed by atoms with Gasteiger partial charge in [0.15, 0.2) is 0 Å². The van der Waals surface area contributed by atoms with Crippen LogP contribution in [0.2, 0.25) is 5.15 Å². The summed E-state index contributed by atoms with van der Waals surface area (Å²) in [5.74, 6) is -2.64. The molecule has 1 aliphatic rings. The maximum absolute atomic E-state index is 14.3. The average Bonchev–Trinajstić information content (AvgIpc) is 2.91. The summed E-state index contributed by atoms with van der Waals surface area (Å²) in [7, 11) is 0. The van der Waals surface area contributed by atoms with Crippen molar-refractivity contribution in [2.24, 2.45) is 0 Å². The zero-order valence-corrected chi connectivity index (χ0v) is 13.0. The highest BCUT2D eigenvalue weighted by atomic mass is 35.5. The van der Waals surface area contributed by atoms with E-state index in [0.29, 0.717) is 12.1 Å². The number of fused-ring (bicyclic) bond motifs is 1. The topological polar surface area (TPSA) is 55.1 Å². The van der Waals surface area contributed by atoms with Gasteiger partial charge in [-0.25, -0.2) is 13.2 Å². The monoisotopic (exact) mass is 353 g/mol. The number of benzene rings is 1. The molecule has 1 aliphatic carbocycles. The Morgan fingerprint density at radius 2 is 1.83 bits per heavy atom. The van der Waals surface area contributed by atoms with Gasteiger partial charge in [0.05, 0.1) is 11.1 Å². The fraction of sp³-hybridized carbons (Fsp3) is 0.267. The Morgan fingerprint density at radius 1 is 1.12 bits per heavy atom. The molecule has 1 saturated carbocycles. The molecule has 24 heavy (non-hydrogen) atoms. The number of anilines is 1. The van der Waals surface area contributed by atoms with E-state index in [1.54, 1.807) is 0 Å². The van der Waals surface area contributed by atoms with Crippen LogP contribution in [0.15, 0.2) is 18.5 Å². The molecule has 1 N–H and O–H groups in total. The van der Waals surface area contributed by atoms with Crippen LogP contribution >= 0.6 is 11.6 Å². The quantitative estimate of drug-likeness (QED) is 0.727. The van der Waals surface area contributed by atoms with Crippen LogP contribution in [0.1, 0.15) is 19.3 Å². The van der Waals surface area contributed by atoms with Crippen molar-refractivity contribution in [3.05, 3.63) is 41.1 Å². The van der Waals surface area contributed by atoms with Crippen molar-refractivity contribution < 1.29 is 13.2 Å². The minimum atomic E-state index is -1.06. The molecule has 2 aromatic heterocycles. The smallest absolute Gasteiger partial charge is 0.255 e. The van der Waals surface area contributed by atoms with Gasteiger partial charge in [-0.2, -0.15) is 19.6 Å². The van der Waals surface area contributed by atoms with Gasteiger partial charge in [-0.15, -0.1) is 0 Å². The second kappa shape index (κ2) is 5.62. The normalized spacial score (nSPS) is 14.8. The molecule has 1 aromatic carbocycles. The Labute approximate surface area is 139 Å². The molecular weight excluding hydrogens is 343 g/mol. The summed E-state index contributed by atoms with van der Waals surface area (Å²) in [6.45, 7) is 0. The standard InChI is InChI=1S/C15H11ClF3N5/c16-13-12(11-9(18)4-7(17)5-10(11)19)14(22-8-2-1-3-8)24-15(23-13)20-6-21-24/h4-6,8,22H,1-3H2. The van der Waals surface area contributed by atoms with E-state index in [0.717, 1.165) is 19.3 Å². The number of nitrogens with one attached hydrogen (secondary N) is 1. The molecule has 0 bridgehead atoms. The summed E-state index contributed by atoms with van der Waals surface area (Å²) >= 11 is 6.17. The molecule has 4 rings (SSSR count). The largest absolute Gasteiger partial charge is 0.367 e. The van der Waals surface area contributed by atoms with Gasteiger partial charge in [-0.05, 0) is 19.3 Å². The van der Waals surface area contributed by atoms with Gasteiger partial charge in [0.25, 0.3) is 5.78 Å². The molecule has 0 aliphatic heterocycles. The van der Waals surface area contributed by atoms with Gasteiger partial charge in [0.2, 0.25) is 0 Å². The lowest BCUT2D eigenvalue weighted by atomic mass is 9.93. The van der Waals surface area contributed by atoms with Crippen LogP contribution in [0.5, 0.6) is 0 Å². The number of hydrogen-bond donors (Lipinski definition) is 1.